The van der Waals surface area contributed by atoms with E-state index in [0.717, 1.165) is 18.7 Å². The molecule has 0 saturated carbocycles. The standard InChI is InChI=1S/C10H15N3/c1-7(11)12-10-6-5-8-3-2-4-9(8)13-10/h1-6,11H2,(H,12,13). The third-order valence-electron chi connectivity index (χ3n) is 2.57. The highest BCUT2D eigenvalue weighted by atomic mass is 15.0. The van der Waals surface area contributed by atoms with E-state index < -0.39 is 0 Å². The summed E-state index contributed by atoms with van der Waals surface area (Å²) in [4.78, 5) is 4.15. The van der Waals surface area contributed by atoms with E-state index >= 15 is 0 Å². The van der Waals surface area contributed by atoms with Crippen molar-refractivity contribution in [2.75, 3.05) is 0 Å². The van der Waals surface area contributed by atoms with Crippen molar-refractivity contribution >= 4 is 5.84 Å². The fourth-order valence-electron chi connectivity index (χ4n) is 2.00. The van der Waals surface area contributed by atoms with Crippen molar-refractivity contribution in [3.8, 4) is 0 Å². The van der Waals surface area contributed by atoms with Gasteiger partial charge in [-0.15, -0.1) is 0 Å². The molecule has 0 aromatic carbocycles. The maximum Gasteiger partial charge on any atom is 0.118 e. The highest BCUT2D eigenvalue weighted by molar-refractivity contribution is 5.86. The van der Waals surface area contributed by atoms with Crippen LogP contribution in [0.4, 0.5) is 0 Å². The normalized spacial score (nSPS) is 24.5. The number of nitrogens with zero attached hydrogens (tertiary/aromatic N) is 1. The maximum atomic E-state index is 5.42. The SMILES string of the molecule is C=C(N)/N=C1\CCC2=C(CCC2)N1. The van der Waals surface area contributed by atoms with Crippen molar-refractivity contribution in [1.29, 1.82) is 0 Å². The molecule has 2 aliphatic rings. The lowest BCUT2D eigenvalue weighted by Gasteiger charge is -2.18. The lowest BCUT2D eigenvalue weighted by atomic mass is 10.1. The van der Waals surface area contributed by atoms with Crippen LogP contribution in [0.15, 0.2) is 28.7 Å². The lowest BCUT2D eigenvalue weighted by molar-refractivity contribution is 0.858. The number of allylic oxidation sites excluding steroid dienone is 2. The second-order valence-corrected chi connectivity index (χ2v) is 3.61. The molecule has 0 aromatic rings. The zero-order chi connectivity index (χ0) is 9.26. The van der Waals surface area contributed by atoms with Crippen LogP contribution in [0.3, 0.4) is 0 Å². The summed E-state index contributed by atoms with van der Waals surface area (Å²) in [6.07, 6.45) is 5.85. The molecule has 70 valence electrons. The van der Waals surface area contributed by atoms with E-state index in [1.54, 1.807) is 5.57 Å². The summed E-state index contributed by atoms with van der Waals surface area (Å²) >= 11 is 0. The zero-order valence-corrected chi connectivity index (χ0v) is 7.77. The van der Waals surface area contributed by atoms with Gasteiger partial charge in [0.15, 0.2) is 0 Å². The fourth-order valence-corrected chi connectivity index (χ4v) is 2.00. The Hall–Kier alpha value is -1.25. The van der Waals surface area contributed by atoms with Gasteiger partial charge in [-0.25, -0.2) is 4.99 Å². The summed E-state index contributed by atoms with van der Waals surface area (Å²) in [5.74, 6) is 1.37. The van der Waals surface area contributed by atoms with Gasteiger partial charge >= 0.3 is 0 Å². The smallest absolute Gasteiger partial charge is 0.118 e. The first kappa shape index (κ1) is 8.35. The van der Waals surface area contributed by atoms with E-state index in [4.69, 9.17) is 5.73 Å². The third kappa shape index (κ3) is 1.74. The van der Waals surface area contributed by atoms with E-state index in [1.165, 1.54) is 25.0 Å². The van der Waals surface area contributed by atoms with E-state index in [2.05, 4.69) is 16.9 Å². The molecular formula is C10H15N3. The van der Waals surface area contributed by atoms with Crippen LogP contribution in [0, 0.1) is 0 Å². The van der Waals surface area contributed by atoms with E-state index in [9.17, 15) is 0 Å². The predicted octanol–water partition coefficient (Wildman–Crippen LogP) is 1.64. The van der Waals surface area contributed by atoms with Crippen LogP contribution >= 0.6 is 0 Å². The summed E-state index contributed by atoms with van der Waals surface area (Å²) in [5.41, 5.74) is 8.39. The second kappa shape index (κ2) is 3.24. The molecule has 0 atom stereocenters. The van der Waals surface area contributed by atoms with Crippen molar-refractivity contribution in [1.82, 2.24) is 5.32 Å². The molecule has 0 radical (unpaired) electrons. The molecule has 0 fully saturated rings. The van der Waals surface area contributed by atoms with Gasteiger partial charge in [-0.3, -0.25) is 0 Å². The van der Waals surface area contributed by atoms with Crippen LogP contribution in [0.5, 0.6) is 0 Å². The van der Waals surface area contributed by atoms with Crippen LogP contribution in [0.2, 0.25) is 0 Å². The summed E-state index contributed by atoms with van der Waals surface area (Å²) in [6, 6.07) is 0. The van der Waals surface area contributed by atoms with Crippen molar-refractivity contribution < 1.29 is 0 Å². The molecule has 0 spiro atoms. The summed E-state index contributed by atoms with van der Waals surface area (Å²) in [5, 5.41) is 3.34. The summed E-state index contributed by atoms with van der Waals surface area (Å²) < 4.78 is 0. The number of hydrogen-bond acceptors (Lipinski definition) is 2. The number of amidine groups is 1. The van der Waals surface area contributed by atoms with Gasteiger partial charge in [-0.2, -0.15) is 0 Å². The topological polar surface area (TPSA) is 50.4 Å². The first-order chi connectivity index (χ1) is 6.25. The fraction of sp³-hybridized carbons (Fsp3) is 0.500. The Morgan fingerprint density at radius 2 is 2.15 bits per heavy atom. The third-order valence-corrected chi connectivity index (χ3v) is 2.57. The molecule has 0 unspecified atom stereocenters. The van der Waals surface area contributed by atoms with Crippen LogP contribution in [-0.2, 0) is 0 Å². The Balaban J connectivity index is 2.12. The molecule has 0 amide bonds. The van der Waals surface area contributed by atoms with Gasteiger partial charge in [-0.1, -0.05) is 12.2 Å². The monoisotopic (exact) mass is 177 g/mol. The Labute approximate surface area is 78.4 Å². The average molecular weight is 177 g/mol. The molecular weight excluding hydrogens is 162 g/mol. The minimum atomic E-state index is 0.393. The lowest BCUT2D eigenvalue weighted by Crippen LogP contribution is -2.27. The van der Waals surface area contributed by atoms with Crippen LogP contribution in [0.25, 0.3) is 0 Å². The molecule has 3 heteroatoms. The van der Waals surface area contributed by atoms with Crippen molar-refractivity contribution in [3.63, 3.8) is 0 Å². The van der Waals surface area contributed by atoms with E-state index in [0.29, 0.717) is 5.82 Å². The minimum absolute atomic E-state index is 0.393. The molecule has 1 heterocycles. The number of aliphatic imine (C=N–C) groups is 1. The Morgan fingerprint density at radius 1 is 1.31 bits per heavy atom. The van der Waals surface area contributed by atoms with Gasteiger partial charge in [-0.05, 0) is 25.7 Å². The molecule has 1 aliphatic heterocycles. The van der Waals surface area contributed by atoms with Gasteiger partial charge in [0, 0.05) is 12.1 Å². The number of rotatable bonds is 1. The van der Waals surface area contributed by atoms with Gasteiger partial charge in [0.05, 0.1) is 0 Å². The molecule has 2 rings (SSSR count). The molecule has 0 saturated heterocycles. The zero-order valence-electron chi connectivity index (χ0n) is 7.77. The number of nitrogens with one attached hydrogen (secondary N) is 1. The number of nitrogens with two attached hydrogens (primary N) is 1. The first-order valence-corrected chi connectivity index (χ1v) is 4.75. The molecule has 0 bridgehead atoms. The van der Waals surface area contributed by atoms with Gasteiger partial charge < -0.3 is 11.1 Å². The largest absolute Gasteiger partial charge is 0.384 e. The predicted molar refractivity (Wildman–Crippen MR) is 54.0 cm³/mol. The Morgan fingerprint density at radius 3 is 2.92 bits per heavy atom. The molecule has 3 nitrogen and oxygen atoms in total. The highest BCUT2D eigenvalue weighted by Gasteiger charge is 2.20. The van der Waals surface area contributed by atoms with Crippen LogP contribution in [0.1, 0.15) is 32.1 Å². The molecule has 1 aliphatic carbocycles. The van der Waals surface area contributed by atoms with E-state index in [-0.39, 0.29) is 0 Å². The van der Waals surface area contributed by atoms with Gasteiger partial charge in [0.25, 0.3) is 0 Å². The first-order valence-electron chi connectivity index (χ1n) is 4.75. The quantitative estimate of drug-likeness (QED) is 0.639. The van der Waals surface area contributed by atoms with Crippen molar-refractivity contribution in [3.05, 3.63) is 23.7 Å². The van der Waals surface area contributed by atoms with Crippen LogP contribution < -0.4 is 11.1 Å². The minimum Gasteiger partial charge on any atom is -0.384 e. The summed E-state index contributed by atoms with van der Waals surface area (Å²) in [6.45, 7) is 3.57. The van der Waals surface area contributed by atoms with Crippen molar-refractivity contribution in [2.24, 2.45) is 10.7 Å². The van der Waals surface area contributed by atoms with Crippen LogP contribution in [-0.4, -0.2) is 5.84 Å². The average Bonchev–Trinajstić information content (AvgIpc) is 2.49. The Kier molecular flexibility index (Phi) is 2.08. The summed E-state index contributed by atoms with van der Waals surface area (Å²) in [7, 11) is 0. The maximum absolute atomic E-state index is 5.42. The van der Waals surface area contributed by atoms with Crippen molar-refractivity contribution in [2.45, 2.75) is 32.1 Å². The molecule has 3 N–H and O–H groups in total. The van der Waals surface area contributed by atoms with Gasteiger partial charge in [0.1, 0.15) is 11.7 Å². The molecule has 0 aromatic heterocycles. The molecule has 13 heavy (non-hydrogen) atoms. The second-order valence-electron chi connectivity index (χ2n) is 3.61. The Bertz CT molecular complexity index is 299. The van der Waals surface area contributed by atoms with E-state index in [1.807, 2.05) is 0 Å². The highest BCUT2D eigenvalue weighted by Crippen LogP contribution is 2.30. The number of hydrogen-bond donors (Lipinski definition) is 2. The van der Waals surface area contributed by atoms with Gasteiger partial charge in [0.2, 0.25) is 0 Å².